The first-order valence-electron chi connectivity index (χ1n) is 13.7. The molecule has 0 aliphatic carbocycles. The van der Waals surface area contributed by atoms with E-state index in [9.17, 15) is 20.4 Å². The molecule has 0 aromatic rings. The number of ether oxygens (including phenoxy) is 6. The van der Waals surface area contributed by atoms with Crippen LogP contribution in [0, 0.1) is 5.41 Å². The minimum absolute atomic E-state index is 0.000251. The SMILES string of the molecule is C=COCOCCC(O)COCC(CC)(COCC(O)CN(CCO)CCO)C(O)CC(O)CCOCOC=C. The van der Waals surface area contributed by atoms with Crippen LogP contribution in [0.4, 0.5) is 0 Å². The maximum atomic E-state index is 11.2. The molecule has 0 fully saturated rings. The van der Waals surface area contributed by atoms with Gasteiger partial charge in [0.2, 0.25) is 0 Å². The van der Waals surface area contributed by atoms with Crippen LogP contribution in [0.1, 0.15) is 32.6 Å². The third-order valence-corrected chi connectivity index (χ3v) is 6.34. The quantitative estimate of drug-likeness (QED) is 0.0365. The number of hydrogen-bond donors (Lipinski definition) is 6. The summed E-state index contributed by atoms with van der Waals surface area (Å²) in [5, 5.41) is 60.7. The van der Waals surface area contributed by atoms with Crippen LogP contribution in [0.25, 0.3) is 0 Å². The van der Waals surface area contributed by atoms with Crippen LogP contribution < -0.4 is 0 Å². The summed E-state index contributed by atoms with van der Waals surface area (Å²) < 4.78 is 31.8. The van der Waals surface area contributed by atoms with Crippen molar-refractivity contribution < 1.29 is 59.1 Å². The van der Waals surface area contributed by atoms with Gasteiger partial charge in [-0.15, -0.1) is 0 Å². The van der Waals surface area contributed by atoms with Crippen LogP contribution in [0.5, 0.6) is 0 Å². The highest BCUT2D eigenvalue weighted by molar-refractivity contribution is 4.87. The minimum Gasteiger partial charge on any atom is -0.476 e. The zero-order chi connectivity index (χ0) is 30.1. The van der Waals surface area contributed by atoms with Gasteiger partial charge in [0, 0.05) is 31.5 Å². The predicted octanol–water partition coefficient (Wildman–Crippen LogP) is -0.415. The Labute approximate surface area is 238 Å². The number of hydrogen-bond acceptors (Lipinski definition) is 13. The molecule has 5 unspecified atom stereocenters. The van der Waals surface area contributed by atoms with Crippen LogP contribution in [0.15, 0.2) is 25.7 Å². The maximum Gasteiger partial charge on any atom is 0.188 e. The molecule has 0 bridgehead atoms. The number of aliphatic hydroxyl groups is 6. The van der Waals surface area contributed by atoms with E-state index < -0.39 is 29.8 Å². The van der Waals surface area contributed by atoms with E-state index in [1.807, 2.05) is 6.92 Å². The Morgan fingerprint density at radius 2 is 1.25 bits per heavy atom. The molecular formula is C27H53NO12. The van der Waals surface area contributed by atoms with Gasteiger partial charge in [-0.25, -0.2) is 0 Å². The summed E-state index contributed by atoms with van der Waals surface area (Å²) in [6.45, 7) is 9.85. The molecule has 40 heavy (non-hydrogen) atoms. The molecule has 13 heteroatoms. The van der Waals surface area contributed by atoms with Crippen LogP contribution in [-0.2, 0) is 28.4 Å². The van der Waals surface area contributed by atoms with Gasteiger partial charge >= 0.3 is 0 Å². The Morgan fingerprint density at radius 3 is 1.73 bits per heavy atom. The molecule has 0 saturated heterocycles. The normalized spacial score (nSPS) is 16.2. The van der Waals surface area contributed by atoms with Gasteiger partial charge in [0.15, 0.2) is 13.6 Å². The fourth-order valence-corrected chi connectivity index (χ4v) is 3.86. The fraction of sp³-hybridized carbons (Fsp3) is 0.852. The molecule has 0 heterocycles. The van der Waals surface area contributed by atoms with Crippen molar-refractivity contribution >= 4 is 0 Å². The third kappa shape index (κ3) is 18.9. The second-order valence-corrected chi connectivity index (χ2v) is 9.50. The molecule has 238 valence electrons. The lowest BCUT2D eigenvalue weighted by Gasteiger charge is -2.38. The standard InChI is InChI=1S/C27H53NO12/c1-4-27(19-39-17-24(32)8-14-38-22-36-6-3,26(34)15-23(31)7-13-37-21-35-5-2)20-40-18-25(33)16-28(9-11-29)10-12-30/h5-6,23-26,29-34H,2-4,7-22H2,1H3. The molecule has 0 rings (SSSR count). The highest BCUT2D eigenvalue weighted by Crippen LogP contribution is 2.31. The summed E-state index contributed by atoms with van der Waals surface area (Å²) in [4.78, 5) is 1.71. The van der Waals surface area contributed by atoms with E-state index in [0.717, 1.165) is 0 Å². The predicted molar refractivity (Wildman–Crippen MR) is 147 cm³/mol. The molecule has 6 N–H and O–H groups in total. The maximum absolute atomic E-state index is 11.2. The second-order valence-electron chi connectivity index (χ2n) is 9.50. The zero-order valence-electron chi connectivity index (χ0n) is 24.0. The first-order chi connectivity index (χ1) is 19.3. The second kappa shape index (κ2) is 25.4. The number of aliphatic hydroxyl groups excluding tert-OH is 6. The molecule has 0 amide bonds. The van der Waals surface area contributed by atoms with Gasteiger partial charge in [-0.2, -0.15) is 0 Å². The van der Waals surface area contributed by atoms with E-state index in [0.29, 0.717) is 25.9 Å². The number of rotatable bonds is 30. The Balaban J connectivity index is 5.06. The molecular weight excluding hydrogens is 530 g/mol. The summed E-state index contributed by atoms with van der Waals surface area (Å²) in [6.07, 6.45) is 0.000232. The van der Waals surface area contributed by atoms with Gasteiger partial charge in [0.1, 0.15) is 0 Å². The van der Waals surface area contributed by atoms with Gasteiger partial charge in [0.25, 0.3) is 0 Å². The van der Waals surface area contributed by atoms with Crippen molar-refractivity contribution in [2.75, 3.05) is 86.1 Å². The molecule has 13 nitrogen and oxygen atoms in total. The summed E-state index contributed by atoms with van der Waals surface area (Å²) in [7, 11) is 0. The van der Waals surface area contributed by atoms with Crippen molar-refractivity contribution in [3.8, 4) is 0 Å². The molecule has 0 radical (unpaired) electrons. The molecule has 0 aliphatic heterocycles. The van der Waals surface area contributed by atoms with Gasteiger partial charge in [-0.3, -0.25) is 4.90 Å². The molecule has 0 saturated carbocycles. The number of nitrogens with zero attached hydrogens (tertiary/aromatic N) is 1. The van der Waals surface area contributed by atoms with Gasteiger partial charge in [-0.05, 0) is 19.3 Å². The largest absolute Gasteiger partial charge is 0.476 e. The van der Waals surface area contributed by atoms with Crippen molar-refractivity contribution in [1.82, 2.24) is 4.90 Å². The van der Waals surface area contributed by atoms with Gasteiger partial charge in [0.05, 0.1) is 89.8 Å². The minimum atomic E-state index is -1.02. The average molecular weight is 584 g/mol. The highest BCUT2D eigenvalue weighted by atomic mass is 16.7. The summed E-state index contributed by atoms with van der Waals surface area (Å²) in [5.41, 5.74) is -0.933. The average Bonchev–Trinajstić information content (AvgIpc) is 2.92. The van der Waals surface area contributed by atoms with Crippen molar-refractivity contribution in [3.05, 3.63) is 25.7 Å². The van der Waals surface area contributed by atoms with Crippen molar-refractivity contribution in [2.24, 2.45) is 5.41 Å². The molecule has 5 atom stereocenters. The highest BCUT2D eigenvalue weighted by Gasteiger charge is 2.38. The molecule has 0 spiro atoms. The zero-order valence-corrected chi connectivity index (χ0v) is 24.0. The lowest BCUT2D eigenvalue weighted by Crippen LogP contribution is -2.46. The smallest absolute Gasteiger partial charge is 0.188 e. The van der Waals surface area contributed by atoms with Crippen molar-refractivity contribution in [3.63, 3.8) is 0 Å². The Bertz CT molecular complexity index is 596. The Kier molecular flexibility index (Phi) is 24.5. The Hall–Kier alpha value is -1.36. The monoisotopic (exact) mass is 583 g/mol. The van der Waals surface area contributed by atoms with E-state index in [2.05, 4.69) is 13.2 Å². The van der Waals surface area contributed by atoms with Crippen molar-refractivity contribution in [2.45, 2.75) is 57.0 Å². The lowest BCUT2D eigenvalue weighted by atomic mass is 9.78. The van der Waals surface area contributed by atoms with Crippen LogP contribution in [-0.4, -0.2) is 146 Å². The lowest BCUT2D eigenvalue weighted by molar-refractivity contribution is -0.124. The third-order valence-electron chi connectivity index (χ3n) is 6.34. The van der Waals surface area contributed by atoms with Crippen LogP contribution in [0.3, 0.4) is 0 Å². The van der Waals surface area contributed by atoms with E-state index in [-0.39, 0.29) is 85.8 Å². The first-order valence-corrected chi connectivity index (χ1v) is 13.7. The first kappa shape index (κ1) is 38.6. The van der Waals surface area contributed by atoms with Crippen LogP contribution >= 0.6 is 0 Å². The summed E-state index contributed by atoms with van der Waals surface area (Å²) in [6, 6.07) is 0. The summed E-state index contributed by atoms with van der Waals surface area (Å²) >= 11 is 0. The van der Waals surface area contributed by atoms with Gasteiger partial charge < -0.3 is 59.1 Å². The molecule has 0 aromatic heterocycles. The van der Waals surface area contributed by atoms with E-state index in [4.69, 9.17) is 38.6 Å². The summed E-state index contributed by atoms with van der Waals surface area (Å²) in [5.74, 6) is 0. The Morgan fingerprint density at radius 1 is 0.750 bits per heavy atom. The van der Waals surface area contributed by atoms with Crippen LogP contribution in [0.2, 0.25) is 0 Å². The topological polar surface area (TPSA) is 180 Å². The molecule has 0 aromatic carbocycles. The van der Waals surface area contributed by atoms with Crippen molar-refractivity contribution in [1.29, 1.82) is 0 Å². The van der Waals surface area contributed by atoms with Gasteiger partial charge in [-0.1, -0.05) is 20.1 Å². The van der Waals surface area contributed by atoms with E-state index in [1.165, 1.54) is 12.5 Å². The fourth-order valence-electron chi connectivity index (χ4n) is 3.86. The van der Waals surface area contributed by atoms with E-state index >= 15 is 0 Å². The molecule has 0 aliphatic rings. The van der Waals surface area contributed by atoms with E-state index in [1.54, 1.807) is 4.90 Å².